The van der Waals surface area contributed by atoms with Crippen molar-refractivity contribution in [2.75, 3.05) is 10.6 Å². The Morgan fingerprint density at radius 3 is 2.27 bits per heavy atom. The van der Waals surface area contributed by atoms with Crippen LogP contribution in [0.1, 0.15) is 107 Å². The molecule has 4 nitrogen and oxygen atoms in total. The third-order valence-electron chi connectivity index (χ3n) is 7.38. The molecular weight excluding hydrogens is 497 g/mol. The van der Waals surface area contributed by atoms with E-state index in [4.69, 9.17) is 0 Å². The fraction of sp³-hybridized carbons (Fsp3) is 0.400. The van der Waals surface area contributed by atoms with Gasteiger partial charge in [0.25, 0.3) is 5.91 Å². The van der Waals surface area contributed by atoms with Gasteiger partial charge < -0.3 is 15.6 Å². The fourth-order valence-corrected chi connectivity index (χ4v) is 5.24. The first-order valence-electron chi connectivity index (χ1n) is 15.1. The second-order valence-corrected chi connectivity index (χ2v) is 10.1. The highest BCUT2D eigenvalue weighted by Crippen LogP contribution is 2.33. The second kappa shape index (κ2) is 15.3. The van der Waals surface area contributed by atoms with Crippen LogP contribution in [0.25, 0.3) is 10.9 Å². The molecule has 5 heteroatoms. The Labute approximate surface area is 239 Å². The zero-order chi connectivity index (χ0) is 29.1. The molecule has 1 amide bonds. The van der Waals surface area contributed by atoms with Crippen LogP contribution >= 0.6 is 0 Å². The molecule has 0 aliphatic carbocycles. The highest BCUT2D eigenvalue weighted by molar-refractivity contribution is 6.10. The predicted octanol–water partition coefficient (Wildman–Crippen LogP) is 10.5. The number of nitrogens with one attached hydrogen (secondary N) is 3. The van der Waals surface area contributed by atoms with E-state index in [-0.39, 0.29) is 11.7 Å². The molecule has 1 aromatic heterocycles. The van der Waals surface area contributed by atoms with E-state index < -0.39 is 0 Å². The van der Waals surface area contributed by atoms with Crippen LogP contribution in [0.5, 0.6) is 0 Å². The fourth-order valence-electron chi connectivity index (χ4n) is 5.24. The summed E-state index contributed by atoms with van der Waals surface area (Å²) in [5.41, 5.74) is 7.46. The summed E-state index contributed by atoms with van der Waals surface area (Å²) >= 11 is 0. The number of hydrogen-bond donors (Lipinski definition) is 3. The van der Waals surface area contributed by atoms with Gasteiger partial charge in [0.1, 0.15) is 5.82 Å². The molecule has 0 aliphatic rings. The van der Waals surface area contributed by atoms with Gasteiger partial charge in [-0.05, 0) is 91.3 Å². The lowest BCUT2D eigenvalue weighted by Crippen LogP contribution is -2.13. The lowest BCUT2D eigenvalue weighted by atomic mass is 9.89. The Hall–Kier alpha value is -3.60. The van der Waals surface area contributed by atoms with E-state index >= 15 is 0 Å². The Bertz CT molecular complexity index is 1370. The normalized spacial score (nSPS) is 11.6. The van der Waals surface area contributed by atoms with Gasteiger partial charge in [-0.2, -0.15) is 0 Å². The van der Waals surface area contributed by atoms with Crippen molar-refractivity contribution in [2.45, 2.75) is 92.4 Å². The molecule has 0 radical (unpaired) electrons. The van der Waals surface area contributed by atoms with Crippen LogP contribution in [-0.2, 0) is 12.8 Å². The molecular formula is C35H46FN3O. The number of unbranched alkanes of at least 4 members (excludes halogenated alkanes) is 1. The summed E-state index contributed by atoms with van der Waals surface area (Å²) in [5, 5.41) is 7.56. The molecule has 0 fully saturated rings. The number of H-pyrrole nitrogens is 1. The maximum Gasteiger partial charge on any atom is 0.255 e. The topological polar surface area (TPSA) is 56.9 Å². The van der Waals surface area contributed by atoms with Gasteiger partial charge >= 0.3 is 0 Å². The van der Waals surface area contributed by atoms with Crippen LogP contribution in [-0.4, -0.2) is 10.9 Å². The average molecular weight is 544 g/mol. The van der Waals surface area contributed by atoms with E-state index in [1.807, 2.05) is 51.1 Å². The third-order valence-corrected chi connectivity index (χ3v) is 7.38. The number of anilines is 3. The zero-order valence-electron chi connectivity index (χ0n) is 25.1. The zero-order valence-corrected chi connectivity index (χ0v) is 25.1. The van der Waals surface area contributed by atoms with Crippen LogP contribution in [0, 0.1) is 5.82 Å². The number of halogens is 1. The average Bonchev–Trinajstić information content (AvgIpc) is 3.33. The molecule has 40 heavy (non-hydrogen) atoms. The molecule has 0 saturated heterocycles. The molecule has 0 bridgehead atoms. The van der Waals surface area contributed by atoms with Gasteiger partial charge in [-0.3, -0.25) is 4.79 Å². The minimum absolute atomic E-state index is 0.103. The minimum Gasteiger partial charge on any atom is -0.357 e. The van der Waals surface area contributed by atoms with Gasteiger partial charge in [0, 0.05) is 33.5 Å². The maximum absolute atomic E-state index is 13.7. The molecule has 3 aromatic carbocycles. The van der Waals surface area contributed by atoms with Crippen molar-refractivity contribution in [1.82, 2.24) is 4.98 Å². The Morgan fingerprint density at radius 2 is 1.62 bits per heavy atom. The van der Waals surface area contributed by atoms with Gasteiger partial charge in [-0.25, -0.2) is 4.39 Å². The molecule has 0 spiro atoms. The Morgan fingerprint density at radius 1 is 0.875 bits per heavy atom. The molecule has 1 unspecified atom stereocenters. The molecule has 1 atom stereocenters. The summed E-state index contributed by atoms with van der Waals surface area (Å²) in [6.45, 7) is 12.6. The summed E-state index contributed by atoms with van der Waals surface area (Å²) in [6, 6.07) is 19.0. The first-order valence-corrected chi connectivity index (χ1v) is 15.1. The van der Waals surface area contributed by atoms with Crippen LogP contribution < -0.4 is 10.6 Å². The number of carbonyl (C=O) groups excluding carboxylic acids is 1. The lowest BCUT2D eigenvalue weighted by Gasteiger charge is -2.17. The van der Waals surface area contributed by atoms with Gasteiger partial charge in [0.05, 0.1) is 5.69 Å². The first-order chi connectivity index (χ1) is 19.5. The van der Waals surface area contributed by atoms with Crippen molar-refractivity contribution in [1.29, 1.82) is 0 Å². The quantitative estimate of drug-likeness (QED) is 0.166. The third kappa shape index (κ3) is 7.53. The number of amides is 1. The molecule has 0 saturated carbocycles. The standard InChI is InChI=1S/C33H40FN3O.C2H6/c1-5-9-11-23(10-6-2)24-12-14-25(15-13-24)33(38)37-32-28-18-17-27(21-31(28)36-29(32)8-4)35-30-19-16-26(34)20-22(30)7-3;1-2/h12-21,23,35-36H,5-11H2,1-4H3,(H,37,38);1-2H3. The highest BCUT2D eigenvalue weighted by atomic mass is 19.1. The number of aryl methyl sites for hydroxylation is 2. The van der Waals surface area contributed by atoms with Crippen molar-refractivity contribution >= 4 is 33.9 Å². The summed E-state index contributed by atoms with van der Waals surface area (Å²) in [6.07, 6.45) is 7.47. The Kier molecular flexibility index (Phi) is 11.8. The Balaban J connectivity index is 0.00000216. The van der Waals surface area contributed by atoms with Gasteiger partial charge in [-0.15, -0.1) is 0 Å². The highest BCUT2D eigenvalue weighted by Gasteiger charge is 2.16. The van der Waals surface area contributed by atoms with Crippen molar-refractivity contribution in [3.05, 3.63) is 88.9 Å². The monoisotopic (exact) mass is 543 g/mol. The SMILES string of the molecule is CC.CCCCC(CCC)c1ccc(C(=O)Nc2c(CC)[nH]c3cc(Nc4ccc(F)cc4CC)ccc23)cc1. The van der Waals surface area contributed by atoms with E-state index in [0.717, 1.165) is 58.5 Å². The van der Waals surface area contributed by atoms with E-state index in [1.165, 1.54) is 37.3 Å². The van der Waals surface area contributed by atoms with Crippen LogP contribution in [0.2, 0.25) is 0 Å². The molecule has 0 aliphatic heterocycles. The lowest BCUT2D eigenvalue weighted by molar-refractivity contribution is 0.102. The minimum atomic E-state index is -0.230. The summed E-state index contributed by atoms with van der Waals surface area (Å²) in [4.78, 5) is 16.7. The number of carbonyl (C=O) groups is 1. The maximum atomic E-state index is 13.7. The van der Waals surface area contributed by atoms with E-state index in [9.17, 15) is 9.18 Å². The molecule has 214 valence electrons. The summed E-state index contributed by atoms with van der Waals surface area (Å²) in [5.74, 6) is 0.226. The molecule has 4 rings (SSSR count). The van der Waals surface area contributed by atoms with Gasteiger partial charge in [-0.1, -0.05) is 72.9 Å². The van der Waals surface area contributed by atoms with E-state index in [1.54, 1.807) is 12.1 Å². The largest absolute Gasteiger partial charge is 0.357 e. The number of rotatable bonds is 12. The molecule has 3 N–H and O–H groups in total. The van der Waals surface area contributed by atoms with Crippen molar-refractivity contribution < 1.29 is 9.18 Å². The van der Waals surface area contributed by atoms with Crippen LogP contribution in [0.3, 0.4) is 0 Å². The van der Waals surface area contributed by atoms with Gasteiger partial charge in [0.2, 0.25) is 0 Å². The smallest absolute Gasteiger partial charge is 0.255 e. The number of aromatic nitrogens is 1. The first kappa shape index (κ1) is 30.9. The molecule has 1 heterocycles. The summed E-state index contributed by atoms with van der Waals surface area (Å²) in [7, 11) is 0. The van der Waals surface area contributed by atoms with Crippen molar-refractivity contribution in [3.63, 3.8) is 0 Å². The number of benzene rings is 3. The summed E-state index contributed by atoms with van der Waals surface area (Å²) < 4.78 is 13.7. The van der Waals surface area contributed by atoms with Crippen LogP contribution in [0.4, 0.5) is 21.5 Å². The number of aromatic amines is 1. The number of fused-ring (bicyclic) bond motifs is 1. The van der Waals surface area contributed by atoms with Gasteiger partial charge in [0.15, 0.2) is 0 Å². The second-order valence-electron chi connectivity index (χ2n) is 10.1. The molecule has 4 aromatic rings. The van der Waals surface area contributed by atoms with E-state index in [0.29, 0.717) is 11.5 Å². The van der Waals surface area contributed by atoms with Crippen LogP contribution in [0.15, 0.2) is 60.7 Å². The van der Waals surface area contributed by atoms with E-state index in [2.05, 4.69) is 48.5 Å². The van der Waals surface area contributed by atoms with Crippen molar-refractivity contribution in [2.24, 2.45) is 0 Å². The number of hydrogen-bond acceptors (Lipinski definition) is 2. The van der Waals surface area contributed by atoms with Crippen molar-refractivity contribution in [3.8, 4) is 0 Å². The predicted molar refractivity (Wildman–Crippen MR) is 170 cm³/mol.